The third kappa shape index (κ3) is 4.56. The highest BCUT2D eigenvalue weighted by Gasteiger charge is 2.27. The van der Waals surface area contributed by atoms with Gasteiger partial charge in [0.2, 0.25) is 5.91 Å². The number of ether oxygens (including phenoxy) is 2. The van der Waals surface area contributed by atoms with E-state index in [0.29, 0.717) is 13.1 Å². The Morgan fingerprint density at radius 2 is 2.08 bits per heavy atom. The van der Waals surface area contributed by atoms with E-state index in [9.17, 15) is 4.79 Å². The number of benzene rings is 1. The van der Waals surface area contributed by atoms with Gasteiger partial charge in [-0.05, 0) is 59.5 Å². The number of thiophene rings is 1. The van der Waals surface area contributed by atoms with E-state index in [1.54, 1.807) is 25.6 Å². The maximum Gasteiger partial charge on any atom is 0.227 e. The normalized spacial score (nSPS) is 16.5. The molecular formula is C20H26N2O3S. The van der Waals surface area contributed by atoms with Crippen LogP contribution in [0.4, 0.5) is 0 Å². The smallest absolute Gasteiger partial charge is 0.227 e. The van der Waals surface area contributed by atoms with Crippen molar-refractivity contribution >= 4 is 17.2 Å². The topological polar surface area (TPSA) is 50.8 Å². The van der Waals surface area contributed by atoms with E-state index in [0.717, 1.165) is 43.0 Å². The van der Waals surface area contributed by atoms with Crippen LogP contribution in [0, 0.1) is 5.92 Å². The van der Waals surface area contributed by atoms with Crippen molar-refractivity contribution in [3.63, 3.8) is 0 Å². The van der Waals surface area contributed by atoms with Gasteiger partial charge in [-0.25, -0.2) is 0 Å². The van der Waals surface area contributed by atoms with Crippen molar-refractivity contribution < 1.29 is 14.3 Å². The van der Waals surface area contributed by atoms with Crippen molar-refractivity contribution in [2.45, 2.75) is 19.4 Å². The summed E-state index contributed by atoms with van der Waals surface area (Å²) in [6, 6.07) is 8.03. The second kappa shape index (κ2) is 9.05. The molecular weight excluding hydrogens is 348 g/mol. The molecule has 1 aliphatic rings. The molecule has 1 aromatic heterocycles. The quantitative estimate of drug-likeness (QED) is 0.772. The number of hydrogen-bond donors (Lipinski definition) is 1. The van der Waals surface area contributed by atoms with Gasteiger partial charge in [-0.1, -0.05) is 6.07 Å². The summed E-state index contributed by atoms with van der Waals surface area (Å²) < 4.78 is 10.7. The molecule has 1 saturated heterocycles. The van der Waals surface area contributed by atoms with Gasteiger partial charge in [-0.15, -0.1) is 0 Å². The molecule has 26 heavy (non-hydrogen) atoms. The summed E-state index contributed by atoms with van der Waals surface area (Å²) in [5, 5.41) is 7.47. The predicted octanol–water partition coefficient (Wildman–Crippen LogP) is 2.95. The Bertz CT molecular complexity index is 712. The number of carbonyl (C=O) groups is 1. The van der Waals surface area contributed by atoms with Crippen LogP contribution < -0.4 is 14.8 Å². The molecule has 0 saturated carbocycles. The Balaban J connectivity index is 1.69. The predicted molar refractivity (Wildman–Crippen MR) is 104 cm³/mol. The van der Waals surface area contributed by atoms with E-state index < -0.39 is 0 Å². The van der Waals surface area contributed by atoms with E-state index >= 15 is 0 Å². The van der Waals surface area contributed by atoms with E-state index in [2.05, 4.69) is 22.1 Å². The van der Waals surface area contributed by atoms with Crippen LogP contribution in [0.1, 0.15) is 17.5 Å². The molecule has 3 rings (SSSR count). The maximum absolute atomic E-state index is 13.0. The van der Waals surface area contributed by atoms with Crippen molar-refractivity contribution in [2.75, 3.05) is 33.9 Å². The largest absolute Gasteiger partial charge is 0.493 e. The van der Waals surface area contributed by atoms with Crippen LogP contribution >= 0.6 is 11.3 Å². The molecule has 6 heteroatoms. The lowest BCUT2D eigenvalue weighted by atomic mass is 10.1. The Morgan fingerprint density at radius 1 is 1.23 bits per heavy atom. The van der Waals surface area contributed by atoms with E-state index in [4.69, 9.17) is 9.47 Å². The van der Waals surface area contributed by atoms with Gasteiger partial charge >= 0.3 is 0 Å². The zero-order chi connectivity index (χ0) is 18.4. The third-order valence-electron chi connectivity index (χ3n) is 4.79. The molecule has 1 atom stereocenters. The molecule has 0 radical (unpaired) electrons. The average Bonchev–Trinajstić information content (AvgIpc) is 3.38. The van der Waals surface area contributed by atoms with Crippen LogP contribution in [0.25, 0.3) is 0 Å². The molecule has 140 valence electrons. The summed E-state index contributed by atoms with van der Waals surface area (Å²) in [4.78, 5) is 15.0. The number of hydrogen-bond acceptors (Lipinski definition) is 5. The van der Waals surface area contributed by atoms with Gasteiger partial charge in [0.05, 0.1) is 20.1 Å². The highest BCUT2D eigenvalue weighted by atomic mass is 32.1. The second-order valence-electron chi connectivity index (χ2n) is 6.52. The number of amides is 1. The first-order chi connectivity index (χ1) is 12.7. The third-order valence-corrected chi connectivity index (χ3v) is 5.53. The van der Waals surface area contributed by atoms with Gasteiger partial charge in [-0.3, -0.25) is 4.79 Å². The molecule has 2 aromatic rings. The molecule has 1 unspecified atom stereocenters. The van der Waals surface area contributed by atoms with Crippen molar-refractivity contribution in [1.82, 2.24) is 10.2 Å². The molecule has 1 aromatic carbocycles. The lowest BCUT2D eigenvalue weighted by molar-refractivity contribution is -0.135. The second-order valence-corrected chi connectivity index (χ2v) is 7.30. The van der Waals surface area contributed by atoms with Crippen LogP contribution in [0.5, 0.6) is 11.5 Å². The van der Waals surface area contributed by atoms with Gasteiger partial charge in [0.25, 0.3) is 0 Å². The van der Waals surface area contributed by atoms with Crippen LogP contribution in [0.3, 0.4) is 0 Å². The summed E-state index contributed by atoms with van der Waals surface area (Å²) in [5.74, 6) is 1.79. The summed E-state index contributed by atoms with van der Waals surface area (Å²) >= 11 is 1.67. The van der Waals surface area contributed by atoms with E-state index in [1.807, 2.05) is 23.1 Å². The highest BCUT2D eigenvalue weighted by Crippen LogP contribution is 2.28. The summed E-state index contributed by atoms with van der Waals surface area (Å²) in [6.45, 7) is 3.08. The fraction of sp³-hybridized carbons (Fsp3) is 0.450. The first kappa shape index (κ1) is 18.7. The van der Waals surface area contributed by atoms with Gasteiger partial charge in [-0.2, -0.15) is 11.3 Å². The number of nitrogens with zero attached hydrogens (tertiary/aromatic N) is 1. The molecule has 5 nitrogen and oxygen atoms in total. The van der Waals surface area contributed by atoms with Crippen molar-refractivity contribution in [3.05, 3.63) is 46.2 Å². The Kier molecular flexibility index (Phi) is 6.52. The number of methoxy groups -OCH3 is 2. The van der Waals surface area contributed by atoms with Crippen LogP contribution in [0.15, 0.2) is 35.0 Å². The number of rotatable bonds is 8. The maximum atomic E-state index is 13.0. The standard InChI is InChI=1S/C20H26N2O3S/c1-24-18-4-3-15(11-19(18)25-2)6-9-22(13-16-7-10-26-14-16)20(23)17-5-8-21-12-17/h3-4,7,10-11,14,17,21H,5-6,8-9,12-13H2,1-2H3. The summed E-state index contributed by atoms with van der Waals surface area (Å²) in [7, 11) is 3.27. The van der Waals surface area contributed by atoms with Crippen molar-refractivity contribution in [3.8, 4) is 11.5 Å². The first-order valence-corrected chi connectivity index (χ1v) is 9.87. The molecule has 1 N–H and O–H groups in total. The molecule has 0 aliphatic carbocycles. The van der Waals surface area contributed by atoms with Gasteiger partial charge < -0.3 is 19.7 Å². The molecule has 2 heterocycles. The minimum Gasteiger partial charge on any atom is -0.493 e. The summed E-state index contributed by atoms with van der Waals surface area (Å²) in [5.41, 5.74) is 2.33. The monoisotopic (exact) mass is 374 g/mol. The van der Waals surface area contributed by atoms with Gasteiger partial charge in [0.1, 0.15) is 0 Å². The average molecular weight is 375 g/mol. The minimum absolute atomic E-state index is 0.0963. The fourth-order valence-electron chi connectivity index (χ4n) is 3.29. The Hall–Kier alpha value is -2.05. The molecule has 0 spiro atoms. The van der Waals surface area contributed by atoms with Crippen molar-refractivity contribution in [1.29, 1.82) is 0 Å². The zero-order valence-corrected chi connectivity index (χ0v) is 16.2. The lowest BCUT2D eigenvalue weighted by Gasteiger charge is -2.25. The molecule has 0 bridgehead atoms. The number of carbonyl (C=O) groups excluding carboxylic acids is 1. The zero-order valence-electron chi connectivity index (χ0n) is 15.4. The molecule has 1 aliphatic heterocycles. The first-order valence-electron chi connectivity index (χ1n) is 8.92. The van der Waals surface area contributed by atoms with Crippen LogP contribution in [0.2, 0.25) is 0 Å². The van der Waals surface area contributed by atoms with Crippen LogP contribution in [-0.2, 0) is 17.8 Å². The molecule has 1 amide bonds. The fourth-order valence-corrected chi connectivity index (χ4v) is 3.95. The number of nitrogens with one attached hydrogen (secondary N) is 1. The Morgan fingerprint density at radius 3 is 2.73 bits per heavy atom. The highest BCUT2D eigenvalue weighted by molar-refractivity contribution is 7.07. The lowest BCUT2D eigenvalue weighted by Crippen LogP contribution is -2.37. The van der Waals surface area contributed by atoms with Crippen molar-refractivity contribution in [2.24, 2.45) is 5.92 Å². The van der Waals surface area contributed by atoms with Gasteiger partial charge in [0.15, 0.2) is 11.5 Å². The van der Waals surface area contributed by atoms with E-state index in [-0.39, 0.29) is 11.8 Å². The Labute approximate surface area is 158 Å². The summed E-state index contributed by atoms with van der Waals surface area (Å²) in [6.07, 6.45) is 1.71. The SMILES string of the molecule is COc1ccc(CCN(Cc2ccsc2)C(=O)C2CCNC2)cc1OC. The molecule has 1 fully saturated rings. The minimum atomic E-state index is 0.0963. The van der Waals surface area contributed by atoms with E-state index in [1.165, 1.54) is 5.56 Å². The van der Waals surface area contributed by atoms with Crippen LogP contribution in [-0.4, -0.2) is 44.7 Å². The van der Waals surface area contributed by atoms with Gasteiger partial charge in [0, 0.05) is 19.6 Å².